The largest absolute Gasteiger partial charge is 0.487 e. The fraction of sp³-hybridized carbons (Fsp3) is 0.500. The molecule has 0 spiro atoms. The molecule has 3 atom stereocenters. The molecule has 2 heterocycles. The zero-order valence-corrected chi connectivity index (χ0v) is 21.0. The van der Waals surface area contributed by atoms with Crippen molar-refractivity contribution in [3.63, 3.8) is 0 Å². The van der Waals surface area contributed by atoms with Crippen LogP contribution in [-0.2, 0) is 10.0 Å². The van der Waals surface area contributed by atoms with E-state index >= 15 is 0 Å². The molecule has 0 fully saturated rings. The number of amides is 2. The number of pyridine rings is 1. The van der Waals surface area contributed by atoms with Crippen molar-refractivity contribution in [2.75, 3.05) is 33.3 Å². The van der Waals surface area contributed by atoms with Gasteiger partial charge in [-0.05, 0) is 48.7 Å². The lowest BCUT2D eigenvalue weighted by Crippen LogP contribution is -2.51. The first-order chi connectivity index (χ1) is 16.2. The van der Waals surface area contributed by atoms with Gasteiger partial charge in [0.05, 0.1) is 13.2 Å². The maximum Gasteiger partial charge on any atom is 0.317 e. The number of carbonyl (C=O) groups excluding carboxylic acids is 1. The lowest BCUT2D eigenvalue weighted by atomic mass is 10.0. The third-order valence-electron chi connectivity index (χ3n) is 6.01. The van der Waals surface area contributed by atoms with Gasteiger partial charge in [0.25, 0.3) is 0 Å². The summed E-state index contributed by atoms with van der Waals surface area (Å²) in [6.07, 6.45) is 3.70. The van der Waals surface area contributed by atoms with Crippen molar-refractivity contribution in [2.24, 2.45) is 5.92 Å². The number of aliphatic hydroxyl groups is 1. The van der Waals surface area contributed by atoms with Crippen molar-refractivity contribution < 1.29 is 23.1 Å². The number of ether oxygens (including phenoxy) is 1. The molecule has 2 aromatic rings. The number of aromatic nitrogens is 1. The summed E-state index contributed by atoms with van der Waals surface area (Å²) in [6.45, 7) is 6.25. The zero-order chi connectivity index (χ0) is 24.9. The van der Waals surface area contributed by atoms with Crippen LogP contribution in [0, 0.1) is 5.92 Å². The van der Waals surface area contributed by atoms with E-state index in [-0.39, 0.29) is 42.3 Å². The first-order valence-electron chi connectivity index (χ1n) is 11.5. The fourth-order valence-corrected chi connectivity index (χ4v) is 5.71. The molecule has 0 aliphatic carbocycles. The number of rotatable bonds is 7. The van der Waals surface area contributed by atoms with E-state index in [9.17, 15) is 18.3 Å². The molecule has 1 aliphatic heterocycles. The van der Waals surface area contributed by atoms with Crippen LogP contribution < -0.4 is 10.1 Å². The van der Waals surface area contributed by atoms with Crippen molar-refractivity contribution in [3.8, 4) is 16.9 Å². The van der Waals surface area contributed by atoms with Crippen molar-refractivity contribution in [2.45, 2.75) is 44.2 Å². The van der Waals surface area contributed by atoms with E-state index in [4.69, 9.17) is 4.74 Å². The van der Waals surface area contributed by atoms with E-state index in [2.05, 4.69) is 10.3 Å². The Hall–Kier alpha value is -2.69. The van der Waals surface area contributed by atoms with Gasteiger partial charge in [0.2, 0.25) is 10.0 Å². The Morgan fingerprint density at radius 3 is 2.65 bits per heavy atom. The van der Waals surface area contributed by atoms with Gasteiger partial charge < -0.3 is 20.1 Å². The molecule has 10 heteroatoms. The average Bonchev–Trinajstić information content (AvgIpc) is 2.84. The second-order valence-corrected chi connectivity index (χ2v) is 10.6. The molecule has 1 aromatic carbocycles. The smallest absolute Gasteiger partial charge is 0.317 e. The number of hydrogen-bond donors (Lipinski definition) is 2. The summed E-state index contributed by atoms with van der Waals surface area (Å²) in [7, 11) is -2.23. The fourth-order valence-electron chi connectivity index (χ4n) is 3.89. The van der Waals surface area contributed by atoms with Crippen molar-refractivity contribution >= 4 is 16.1 Å². The molecule has 0 radical (unpaired) electrons. The number of urea groups is 1. The number of carbonyl (C=O) groups is 1. The number of nitrogens with zero attached hydrogens (tertiary/aromatic N) is 3. The highest BCUT2D eigenvalue weighted by Crippen LogP contribution is 2.36. The van der Waals surface area contributed by atoms with Gasteiger partial charge in [-0.25, -0.2) is 13.2 Å². The minimum absolute atomic E-state index is 0.0422. The summed E-state index contributed by atoms with van der Waals surface area (Å²) >= 11 is 0. The number of fused-ring (bicyclic) bond motifs is 1. The van der Waals surface area contributed by atoms with Gasteiger partial charge in [0, 0.05) is 44.5 Å². The Labute approximate surface area is 201 Å². The highest BCUT2D eigenvalue weighted by molar-refractivity contribution is 7.89. The van der Waals surface area contributed by atoms with E-state index in [1.165, 1.54) is 4.31 Å². The normalized spacial score (nSPS) is 20.9. The minimum Gasteiger partial charge on any atom is -0.487 e. The van der Waals surface area contributed by atoms with Gasteiger partial charge in [0.15, 0.2) is 0 Å². The Bertz CT molecular complexity index is 1080. The number of aliphatic hydroxyl groups excluding tert-OH is 1. The first-order valence-corrected chi connectivity index (χ1v) is 13.0. The molecular weight excluding hydrogens is 456 g/mol. The number of sulfonamides is 1. The van der Waals surface area contributed by atoms with E-state index in [0.29, 0.717) is 6.54 Å². The summed E-state index contributed by atoms with van der Waals surface area (Å²) in [6, 6.07) is 7.86. The number of likely N-dealkylation sites (N-methyl/N-ethyl adjacent to an activating group) is 1. The molecule has 0 saturated heterocycles. The Morgan fingerprint density at radius 1 is 1.29 bits per heavy atom. The van der Waals surface area contributed by atoms with Crippen molar-refractivity contribution in [3.05, 3.63) is 42.7 Å². The second-order valence-electron chi connectivity index (χ2n) is 8.75. The molecular formula is C24H34N4O5S. The molecule has 1 aromatic heterocycles. The van der Waals surface area contributed by atoms with Gasteiger partial charge >= 0.3 is 6.03 Å². The molecule has 0 bridgehead atoms. The standard InChI is InChI=1S/C24H34N4O5S/c1-5-10-26-24(30)27(4)15-22-17(2)14-28(18(3)16-29)34(31,32)23-7-6-20(13-21(23)33-22)19-8-11-25-12-9-19/h6-9,11-13,17-18,22,29H,5,10,14-16H2,1-4H3,(H,26,30)/t17-,18+,22-/m0/s1. The van der Waals surface area contributed by atoms with E-state index in [1.807, 2.05) is 26.0 Å². The van der Waals surface area contributed by atoms with Crippen molar-refractivity contribution in [1.29, 1.82) is 0 Å². The van der Waals surface area contributed by atoms with Crippen LogP contribution in [0.1, 0.15) is 27.2 Å². The Kier molecular flexibility index (Phi) is 8.51. The molecule has 0 saturated carbocycles. The summed E-state index contributed by atoms with van der Waals surface area (Å²) in [5.74, 6) is -0.0219. The molecule has 186 valence electrons. The second kappa shape index (κ2) is 11.2. The highest BCUT2D eigenvalue weighted by Gasteiger charge is 2.38. The maximum atomic E-state index is 13.6. The molecule has 0 unspecified atom stereocenters. The van der Waals surface area contributed by atoms with Gasteiger partial charge in [-0.1, -0.05) is 19.9 Å². The topological polar surface area (TPSA) is 112 Å². The SMILES string of the molecule is CCCNC(=O)N(C)C[C@@H]1Oc2cc(-c3ccncc3)ccc2S(=O)(=O)N([C@H](C)CO)C[C@@H]1C. The molecule has 3 rings (SSSR count). The maximum absolute atomic E-state index is 13.6. The molecule has 1 aliphatic rings. The summed E-state index contributed by atoms with van der Waals surface area (Å²) < 4.78 is 34.8. The van der Waals surface area contributed by atoms with Crippen LogP contribution in [0.2, 0.25) is 0 Å². The molecule has 2 amide bonds. The van der Waals surface area contributed by atoms with E-state index < -0.39 is 22.2 Å². The van der Waals surface area contributed by atoms with Crippen LogP contribution in [0.15, 0.2) is 47.6 Å². The van der Waals surface area contributed by atoms with Crippen LogP contribution in [-0.4, -0.2) is 79.2 Å². The predicted octanol–water partition coefficient (Wildman–Crippen LogP) is 2.57. The van der Waals surface area contributed by atoms with Gasteiger partial charge in [-0.2, -0.15) is 4.31 Å². The first kappa shape index (κ1) is 25.9. The van der Waals surface area contributed by atoms with E-state index in [0.717, 1.165) is 17.5 Å². The lowest BCUT2D eigenvalue weighted by molar-refractivity contribution is 0.0813. The lowest BCUT2D eigenvalue weighted by Gasteiger charge is -2.37. The van der Waals surface area contributed by atoms with E-state index in [1.54, 1.807) is 49.5 Å². The van der Waals surface area contributed by atoms with Crippen LogP contribution >= 0.6 is 0 Å². The van der Waals surface area contributed by atoms with Crippen LogP contribution in [0.4, 0.5) is 4.79 Å². The zero-order valence-electron chi connectivity index (χ0n) is 20.1. The highest BCUT2D eigenvalue weighted by atomic mass is 32.2. The average molecular weight is 491 g/mol. The summed E-state index contributed by atoms with van der Waals surface area (Å²) in [5, 5.41) is 12.6. The molecule has 34 heavy (non-hydrogen) atoms. The Morgan fingerprint density at radius 2 is 2.00 bits per heavy atom. The number of nitrogens with one attached hydrogen (secondary N) is 1. The third-order valence-corrected chi connectivity index (χ3v) is 8.03. The van der Waals surface area contributed by atoms with Crippen LogP contribution in [0.3, 0.4) is 0 Å². The number of hydrogen-bond acceptors (Lipinski definition) is 6. The van der Waals surface area contributed by atoms with Crippen LogP contribution in [0.25, 0.3) is 11.1 Å². The van der Waals surface area contributed by atoms with Gasteiger partial charge in [-0.15, -0.1) is 0 Å². The summed E-state index contributed by atoms with van der Waals surface area (Å²) in [4.78, 5) is 18.1. The van der Waals surface area contributed by atoms with Crippen LogP contribution in [0.5, 0.6) is 5.75 Å². The third kappa shape index (κ3) is 5.68. The minimum atomic E-state index is -3.92. The molecule has 2 N–H and O–H groups in total. The number of benzene rings is 1. The summed E-state index contributed by atoms with van der Waals surface area (Å²) in [5.41, 5.74) is 1.67. The van der Waals surface area contributed by atoms with Gasteiger partial charge in [-0.3, -0.25) is 4.98 Å². The monoisotopic (exact) mass is 490 g/mol. The predicted molar refractivity (Wildman–Crippen MR) is 130 cm³/mol. The molecule has 9 nitrogen and oxygen atoms in total. The Balaban J connectivity index is 2.04. The quantitative estimate of drug-likeness (QED) is 0.617. The van der Waals surface area contributed by atoms with Gasteiger partial charge in [0.1, 0.15) is 16.7 Å². The van der Waals surface area contributed by atoms with Crippen molar-refractivity contribution in [1.82, 2.24) is 19.5 Å².